The predicted molar refractivity (Wildman–Crippen MR) is 220 cm³/mol. The zero-order valence-corrected chi connectivity index (χ0v) is 28.4. The van der Waals surface area contributed by atoms with Crippen molar-refractivity contribution in [3.63, 3.8) is 0 Å². The molecule has 0 radical (unpaired) electrons. The molecule has 0 spiro atoms. The molecule has 2 heteroatoms. The number of para-hydroxylation sites is 1. The molecule has 0 atom stereocenters. The zero-order valence-electron chi connectivity index (χ0n) is 28.4. The Morgan fingerprint density at radius 3 is 1.58 bits per heavy atom. The molecule has 0 unspecified atom stereocenters. The van der Waals surface area contributed by atoms with Gasteiger partial charge in [-0.2, -0.15) is 0 Å². The Morgan fingerprint density at radius 1 is 0.269 bits per heavy atom. The van der Waals surface area contributed by atoms with Crippen LogP contribution < -0.4 is 4.90 Å². The Morgan fingerprint density at radius 2 is 0.769 bits per heavy atom. The van der Waals surface area contributed by atoms with Crippen molar-refractivity contribution in [3.8, 4) is 33.4 Å². The van der Waals surface area contributed by atoms with Crippen LogP contribution in [0.2, 0.25) is 0 Å². The SMILES string of the molecule is c1ccc(-c2ccc(N(c3ccc4cc(-c5cccc(-c6ccc7ccccc7c6)c5)ccc4c3)c3ccc4oc5ccccc5c4c3)cc2)cc1. The minimum atomic E-state index is 0.889. The molecule has 244 valence electrons. The van der Waals surface area contributed by atoms with E-state index in [1.54, 1.807) is 0 Å². The van der Waals surface area contributed by atoms with Gasteiger partial charge in [0.25, 0.3) is 0 Å². The van der Waals surface area contributed by atoms with E-state index in [0.29, 0.717) is 0 Å². The second kappa shape index (κ2) is 12.5. The van der Waals surface area contributed by atoms with Gasteiger partial charge in [-0.15, -0.1) is 0 Å². The number of furan rings is 1. The fraction of sp³-hybridized carbons (Fsp3) is 0. The summed E-state index contributed by atoms with van der Waals surface area (Å²) in [6.07, 6.45) is 0. The van der Waals surface area contributed by atoms with Crippen LogP contribution in [0.15, 0.2) is 205 Å². The average molecular weight is 664 g/mol. The molecule has 0 aliphatic rings. The second-order valence-electron chi connectivity index (χ2n) is 13.4. The van der Waals surface area contributed by atoms with Crippen molar-refractivity contribution in [3.05, 3.63) is 200 Å². The third-order valence-electron chi connectivity index (χ3n) is 10.2. The summed E-state index contributed by atoms with van der Waals surface area (Å²) in [5.74, 6) is 0. The van der Waals surface area contributed by atoms with Crippen molar-refractivity contribution in [2.45, 2.75) is 0 Å². The predicted octanol–water partition coefficient (Wildman–Crippen LogP) is 14.4. The first-order valence-electron chi connectivity index (χ1n) is 17.7. The molecule has 1 heterocycles. The lowest BCUT2D eigenvalue weighted by molar-refractivity contribution is 0.669. The molecule has 0 aliphatic heterocycles. The van der Waals surface area contributed by atoms with Gasteiger partial charge in [-0.1, -0.05) is 133 Å². The molecule has 10 rings (SSSR count). The third kappa shape index (κ3) is 5.39. The maximum atomic E-state index is 6.20. The summed E-state index contributed by atoms with van der Waals surface area (Å²) in [5, 5.41) is 7.13. The van der Waals surface area contributed by atoms with Crippen molar-refractivity contribution < 1.29 is 4.42 Å². The zero-order chi connectivity index (χ0) is 34.4. The number of rotatable bonds is 6. The summed E-state index contributed by atoms with van der Waals surface area (Å²) in [7, 11) is 0. The first kappa shape index (κ1) is 30.0. The van der Waals surface area contributed by atoms with Gasteiger partial charge in [0.15, 0.2) is 0 Å². The molecule has 0 bridgehead atoms. The lowest BCUT2D eigenvalue weighted by Gasteiger charge is -2.26. The normalized spacial score (nSPS) is 11.5. The van der Waals surface area contributed by atoms with Gasteiger partial charge in [-0.25, -0.2) is 0 Å². The van der Waals surface area contributed by atoms with E-state index in [9.17, 15) is 0 Å². The first-order chi connectivity index (χ1) is 25.7. The Hall–Kier alpha value is -6.90. The van der Waals surface area contributed by atoms with Gasteiger partial charge >= 0.3 is 0 Å². The van der Waals surface area contributed by atoms with Gasteiger partial charge < -0.3 is 9.32 Å². The average Bonchev–Trinajstić information content (AvgIpc) is 3.59. The van der Waals surface area contributed by atoms with Gasteiger partial charge in [0, 0.05) is 27.8 Å². The largest absolute Gasteiger partial charge is 0.456 e. The van der Waals surface area contributed by atoms with Gasteiger partial charge in [-0.3, -0.25) is 0 Å². The topological polar surface area (TPSA) is 16.4 Å². The van der Waals surface area contributed by atoms with Crippen molar-refractivity contribution in [2.75, 3.05) is 4.90 Å². The smallest absolute Gasteiger partial charge is 0.135 e. The molecule has 0 fully saturated rings. The highest BCUT2D eigenvalue weighted by Gasteiger charge is 2.16. The van der Waals surface area contributed by atoms with E-state index in [2.05, 4.69) is 193 Å². The van der Waals surface area contributed by atoms with Crippen molar-refractivity contribution >= 4 is 60.5 Å². The summed E-state index contributed by atoms with van der Waals surface area (Å²) in [4.78, 5) is 2.34. The molecule has 52 heavy (non-hydrogen) atoms. The lowest BCUT2D eigenvalue weighted by Crippen LogP contribution is -2.09. The molecule has 1 aromatic heterocycles. The number of anilines is 3. The summed E-state index contributed by atoms with van der Waals surface area (Å²) < 4.78 is 6.20. The van der Waals surface area contributed by atoms with Crippen LogP contribution in [0.1, 0.15) is 0 Å². The molecule has 2 nitrogen and oxygen atoms in total. The summed E-state index contributed by atoms with van der Waals surface area (Å²) in [6, 6.07) is 71.9. The van der Waals surface area contributed by atoms with Gasteiger partial charge in [-0.05, 0) is 122 Å². The van der Waals surface area contributed by atoms with E-state index in [1.165, 1.54) is 54.9 Å². The minimum Gasteiger partial charge on any atom is -0.456 e. The summed E-state index contributed by atoms with van der Waals surface area (Å²) in [6.45, 7) is 0. The maximum absolute atomic E-state index is 6.20. The van der Waals surface area contributed by atoms with E-state index < -0.39 is 0 Å². The molecule has 0 aliphatic carbocycles. The number of hydrogen-bond donors (Lipinski definition) is 0. The fourth-order valence-corrected chi connectivity index (χ4v) is 7.53. The van der Waals surface area contributed by atoms with E-state index >= 15 is 0 Å². The van der Waals surface area contributed by atoms with Crippen molar-refractivity contribution in [2.24, 2.45) is 0 Å². The highest BCUT2D eigenvalue weighted by atomic mass is 16.3. The molecule has 0 N–H and O–H groups in total. The van der Waals surface area contributed by atoms with E-state index in [4.69, 9.17) is 4.42 Å². The van der Waals surface area contributed by atoms with Gasteiger partial charge in [0.1, 0.15) is 11.2 Å². The van der Waals surface area contributed by atoms with Crippen LogP contribution in [0.5, 0.6) is 0 Å². The molecule has 0 amide bonds. The van der Waals surface area contributed by atoms with Gasteiger partial charge in [0.2, 0.25) is 0 Å². The Balaban J connectivity index is 1.04. The van der Waals surface area contributed by atoms with Crippen molar-refractivity contribution in [1.29, 1.82) is 0 Å². The van der Waals surface area contributed by atoms with E-state index in [1.807, 2.05) is 12.1 Å². The summed E-state index contributed by atoms with van der Waals surface area (Å²) in [5.41, 5.74) is 12.3. The minimum absolute atomic E-state index is 0.889. The fourth-order valence-electron chi connectivity index (χ4n) is 7.53. The standard InChI is InChI=1S/C50H33NO/c1-2-9-34(10-3-1)36-21-24-44(25-22-36)51(46-27-28-50-48(33-46)47-15-6-7-16-49(47)52-50)45-26-23-42-31-41(19-20-43(42)32-45)39-14-8-13-38(30-39)40-18-17-35-11-4-5-12-37(35)29-40/h1-33H. The third-order valence-corrected chi connectivity index (χ3v) is 10.2. The second-order valence-corrected chi connectivity index (χ2v) is 13.4. The van der Waals surface area contributed by atoms with Crippen LogP contribution in [0.4, 0.5) is 17.1 Å². The number of benzene rings is 9. The van der Waals surface area contributed by atoms with Crippen LogP contribution in [0.3, 0.4) is 0 Å². The van der Waals surface area contributed by atoms with E-state index in [0.717, 1.165) is 39.0 Å². The number of fused-ring (bicyclic) bond motifs is 5. The number of nitrogens with zero attached hydrogens (tertiary/aromatic N) is 1. The van der Waals surface area contributed by atoms with Crippen LogP contribution in [0.25, 0.3) is 76.9 Å². The summed E-state index contributed by atoms with van der Waals surface area (Å²) >= 11 is 0. The molecular formula is C50H33NO. The van der Waals surface area contributed by atoms with Crippen LogP contribution in [-0.4, -0.2) is 0 Å². The molecule has 10 aromatic rings. The maximum Gasteiger partial charge on any atom is 0.135 e. The first-order valence-corrected chi connectivity index (χ1v) is 17.7. The lowest BCUT2D eigenvalue weighted by atomic mass is 9.96. The molecule has 0 saturated heterocycles. The Bertz CT molecular complexity index is 2900. The van der Waals surface area contributed by atoms with E-state index in [-0.39, 0.29) is 0 Å². The monoisotopic (exact) mass is 663 g/mol. The van der Waals surface area contributed by atoms with Crippen LogP contribution >= 0.6 is 0 Å². The van der Waals surface area contributed by atoms with Crippen LogP contribution in [0, 0.1) is 0 Å². The highest BCUT2D eigenvalue weighted by Crippen LogP contribution is 2.41. The quantitative estimate of drug-likeness (QED) is 0.176. The molecule has 0 saturated carbocycles. The molecular weight excluding hydrogens is 631 g/mol. The van der Waals surface area contributed by atoms with Crippen LogP contribution in [-0.2, 0) is 0 Å². The van der Waals surface area contributed by atoms with Gasteiger partial charge in [0.05, 0.1) is 0 Å². The molecule has 9 aromatic carbocycles. The Kier molecular flexibility index (Phi) is 7.18. The van der Waals surface area contributed by atoms with Crippen molar-refractivity contribution in [1.82, 2.24) is 0 Å². The highest BCUT2D eigenvalue weighted by molar-refractivity contribution is 6.06. The number of hydrogen-bond acceptors (Lipinski definition) is 2. The Labute approximate surface area is 302 Å².